The van der Waals surface area contributed by atoms with Crippen LogP contribution in [0, 0.1) is 6.92 Å². The van der Waals surface area contributed by atoms with Crippen LogP contribution in [0.2, 0.25) is 0 Å². The molecular weight excluding hydrogens is 372 g/mol. The highest BCUT2D eigenvalue weighted by molar-refractivity contribution is 7.93. The first kappa shape index (κ1) is 18.4. The summed E-state index contributed by atoms with van der Waals surface area (Å²) >= 11 is 1.37. The van der Waals surface area contributed by atoms with Crippen LogP contribution in [0.25, 0.3) is 10.1 Å². The van der Waals surface area contributed by atoms with Crippen LogP contribution in [0.5, 0.6) is 0 Å². The Balaban J connectivity index is 1.91. The molecule has 0 aliphatic rings. The largest absolute Gasteiger partial charge is 0.480 e. The molecule has 136 valence electrons. The Morgan fingerprint density at radius 2 is 2.00 bits per heavy atom. The summed E-state index contributed by atoms with van der Waals surface area (Å²) in [5, 5.41) is 11.3. The van der Waals surface area contributed by atoms with Crippen molar-refractivity contribution in [3.05, 3.63) is 59.0 Å². The topological polar surface area (TPSA) is 109 Å². The number of benzene rings is 2. The number of nitrogens with one attached hydrogen (secondary N) is 1. The van der Waals surface area contributed by atoms with Crippen LogP contribution in [-0.4, -0.2) is 25.5 Å². The summed E-state index contributed by atoms with van der Waals surface area (Å²) in [4.78, 5) is 11.2. The molecule has 1 heterocycles. The Morgan fingerprint density at radius 1 is 1.27 bits per heavy atom. The Hall–Kier alpha value is -2.42. The van der Waals surface area contributed by atoms with Gasteiger partial charge >= 0.3 is 5.97 Å². The molecule has 6 nitrogen and oxygen atoms in total. The summed E-state index contributed by atoms with van der Waals surface area (Å²) < 4.78 is 29.0. The summed E-state index contributed by atoms with van der Waals surface area (Å²) in [6, 6.07) is 11.3. The molecule has 3 aromatic rings. The van der Waals surface area contributed by atoms with Gasteiger partial charge in [0.1, 0.15) is 10.9 Å². The molecule has 26 heavy (non-hydrogen) atoms. The highest BCUT2D eigenvalue weighted by Gasteiger charge is 2.20. The Kier molecular flexibility index (Phi) is 4.99. The molecule has 3 rings (SSSR count). The van der Waals surface area contributed by atoms with Gasteiger partial charge in [0.2, 0.25) is 0 Å². The van der Waals surface area contributed by atoms with Gasteiger partial charge in [-0.15, -0.1) is 11.3 Å². The number of aryl methyl sites for hydroxylation is 1. The van der Waals surface area contributed by atoms with Gasteiger partial charge in [-0.3, -0.25) is 9.52 Å². The molecule has 0 fully saturated rings. The zero-order valence-electron chi connectivity index (χ0n) is 14.0. The van der Waals surface area contributed by atoms with E-state index in [0.717, 1.165) is 10.3 Å². The number of aliphatic carboxylic acids is 1. The molecule has 0 bridgehead atoms. The first-order valence-electron chi connectivity index (χ1n) is 7.85. The molecule has 0 amide bonds. The van der Waals surface area contributed by atoms with Crippen molar-refractivity contribution in [3.63, 3.8) is 0 Å². The van der Waals surface area contributed by atoms with Crippen molar-refractivity contribution < 1.29 is 18.3 Å². The van der Waals surface area contributed by atoms with Crippen LogP contribution in [-0.2, 0) is 21.2 Å². The second-order valence-electron chi connectivity index (χ2n) is 5.99. The van der Waals surface area contributed by atoms with Crippen LogP contribution in [0.3, 0.4) is 0 Å². The summed E-state index contributed by atoms with van der Waals surface area (Å²) in [5.41, 5.74) is 7.51. The normalized spacial score (nSPS) is 12.8. The number of thiophene rings is 1. The predicted molar refractivity (Wildman–Crippen MR) is 103 cm³/mol. The molecule has 1 aromatic heterocycles. The number of carboxylic acid groups (broad SMARTS) is 1. The van der Waals surface area contributed by atoms with Gasteiger partial charge in [0, 0.05) is 21.2 Å². The van der Waals surface area contributed by atoms with Gasteiger partial charge in [-0.25, -0.2) is 8.42 Å². The average Bonchev–Trinajstić information content (AvgIpc) is 3.02. The smallest absolute Gasteiger partial charge is 0.320 e. The molecule has 8 heteroatoms. The third kappa shape index (κ3) is 3.72. The van der Waals surface area contributed by atoms with Gasteiger partial charge in [0.05, 0.1) is 0 Å². The second-order valence-corrected chi connectivity index (χ2v) is 8.55. The molecule has 4 N–H and O–H groups in total. The summed E-state index contributed by atoms with van der Waals surface area (Å²) in [7, 11) is -3.76. The lowest BCUT2D eigenvalue weighted by molar-refractivity contribution is -0.138. The van der Waals surface area contributed by atoms with Crippen molar-refractivity contribution in [2.24, 2.45) is 5.73 Å². The molecule has 0 saturated heterocycles. The van der Waals surface area contributed by atoms with E-state index >= 15 is 0 Å². The van der Waals surface area contributed by atoms with Gasteiger partial charge in [0.25, 0.3) is 10.0 Å². The SMILES string of the molecule is Cc1ccc(NS(=O)(=O)c2csc3ccccc23)cc1C[C@H](N)C(=O)O. The lowest BCUT2D eigenvalue weighted by Gasteiger charge is -2.13. The maximum atomic E-state index is 12.8. The standard InChI is InChI=1S/C18H18N2O4S2/c1-11-6-7-13(8-12(11)9-15(19)18(21)22)20-26(23,24)17-10-25-16-5-3-2-4-14(16)17/h2-8,10,15,20H,9,19H2,1H3,(H,21,22)/t15-/m0/s1. The van der Waals surface area contributed by atoms with Crippen LogP contribution >= 0.6 is 11.3 Å². The van der Waals surface area contributed by atoms with Crippen LogP contribution in [0.1, 0.15) is 11.1 Å². The molecule has 0 aliphatic heterocycles. The van der Waals surface area contributed by atoms with Crippen molar-refractivity contribution in [2.45, 2.75) is 24.3 Å². The summed E-state index contributed by atoms with van der Waals surface area (Å²) in [6.45, 7) is 1.83. The van der Waals surface area contributed by atoms with E-state index in [-0.39, 0.29) is 11.3 Å². The first-order chi connectivity index (χ1) is 12.3. The Bertz CT molecular complexity index is 1070. The fourth-order valence-electron chi connectivity index (χ4n) is 2.65. The van der Waals surface area contributed by atoms with Crippen molar-refractivity contribution >= 4 is 43.1 Å². The lowest BCUT2D eigenvalue weighted by atomic mass is 10.0. The summed E-state index contributed by atoms with van der Waals surface area (Å²) in [6.07, 6.45) is 0.123. The number of hydrogen-bond acceptors (Lipinski definition) is 5. The zero-order valence-corrected chi connectivity index (χ0v) is 15.6. The van der Waals surface area contributed by atoms with Crippen LogP contribution in [0.4, 0.5) is 5.69 Å². The van der Waals surface area contributed by atoms with Crippen molar-refractivity contribution in [1.29, 1.82) is 0 Å². The minimum absolute atomic E-state index is 0.123. The maximum Gasteiger partial charge on any atom is 0.320 e. The molecule has 2 aromatic carbocycles. The summed E-state index contributed by atoms with van der Waals surface area (Å²) in [5.74, 6) is -1.10. The lowest BCUT2D eigenvalue weighted by Crippen LogP contribution is -2.32. The first-order valence-corrected chi connectivity index (χ1v) is 10.2. The average molecular weight is 390 g/mol. The molecule has 0 spiro atoms. The van der Waals surface area contributed by atoms with E-state index in [1.807, 2.05) is 19.1 Å². The molecule has 0 saturated carbocycles. The highest BCUT2D eigenvalue weighted by Crippen LogP contribution is 2.30. The molecule has 0 radical (unpaired) electrons. The molecule has 0 aliphatic carbocycles. The van der Waals surface area contributed by atoms with Crippen molar-refractivity contribution in [2.75, 3.05) is 4.72 Å². The number of nitrogens with two attached hydrogens (primary N) is 1. The third-order valence-corrected chi connectivity index (χ3v) is 6.63. The quantitative estimate of drug-likeness (QED) is 0.599. The van der Waals surface area contributed by atoms with Crippen LogP contribution < -0.4 is 10.5 Å². The van der Waals surface area contributed by atoms with Crippen molar-refractivity contribution in [3.8, 4) is 0 Å². The third-order valence-electron chi connectivity index (χ3n) is 4.09. The van der Waals surface area contributed by atoms with Gasteiger partial charge < -0.3 is 10.8 Å². The van der Waals surface area contributed by atoms with E-state index in [1.165, 1.54) is 11.3 Å². The Labute approximate surface area is 155 Å². The van der Waals surface area contributed by atoms with E-state index in [9.17, 15) is 13.2 Å². The number of hydrogen-bond donors (Lipinski definition) is 3. The van der Waals surface area contributed by atoms with E-state index in [0.29, 0.717) is 16.6 Å². The monoisotopic (exact) mass is 390 g/mol. The van der Waals surface area contributed by atoms with Gasteiger partial charge in [-0.2, -0.15) is 0 Å². The second kappa shape index (κ2) is 7.06. The molecule has 1 atom stereocenters. The fraction of sp³-hybridized carbons (Fsp3) is 0.167. The van der Waals surface area contributed by atoms with Crippen molar-refractivity contribution in [1.82, 2.24) is 0 Å². The minimum atomic E-state index is -3.76. The number of carbonyl (C=O) groups is 1. The van der Waals surface area contributed by atoms with E-state index in [1.54, 1.807) is 35.7 Å². The number of sulfonamides is 1. The van der Waals surface area contributed by atoms with E-state index < -0.39 is 22.0 Å². The van der Waals surface area contributed by atoms with E-state index in [2.05, 4.69) is 4.72 Å². The number of carboxylic acids is 1. The number of rotatable bonds is 6. The van der Waals surface area contributed by atoms with Crippen LogP contribution in [0.15, 0.2) is 52.7 Å². The van der Waals surface area contributed by atoms with Gasteiger partial charge in [-0.05, 0) is 42.7 Å². The molecular formula is C18H18N2O4S2. The number of anilines is 1. The van der Waals surface area contributed by atoms with E-state index in [4.69, 9.17) is 10.8 Å². The number of fused-ring (bicyclic) bond motifs is 1. The minimum Gasteiger partial charge on any atom is -0.480 e. The Morgan fingerprint density at radius 3 is 2.73 bits per heavy atom. The fourth-order valence-corrected chi connectivity index (χ4v) is 5.20. The van der Waals surface area contributed by atoms with Gasteiger partial charge in [-0.1, -0.05) is 24.3 Å². The zero-order chi connectivity index (χ0) is 18.9. The maximum absolute atomic E-state index is 12.8. The van der Waals surface area contributed by atoms with Gasteiger partial charge in [0.15, 0.2) is 0 Å². The molecule has 0 unspecified atom stereocenters. The highest BCUT2D eigenvalue weighted by atomic mass is 32.2. The predicted octanol–water partition coefficient (Wildman–Crippen LogP) is 2.96.